The second kappa shape index (κ2) is 7.36. The molecule has 0 atom stereocenters. The Kier molecular flexibility index (Phi) is 5.13. The molecule has 0 heterocycles. The summed E-state index contributed by atoms with van der Waals surface area (Å²) in [6.45, 7) is 7.68. The summed E-state index contributed by atoms with van der Waals surface area (Å²) < 4.78 is 5.30. The monoisotopic (exact) mass is 362 g/mol. The Labute approximate surface area is 160 Å². The van der Waals surface area contributed by atoms with Gasteiger partial charge >= 0.3 is 0 Å². The number of benzene rings is 3. The molecule has 2 N–H and O–H groups in total. The molecule has 27 heavy (non-hydrogen) atoms. The van der Waals surface area contributed by atoms with Crippen LogP contribution in [-0.2, 0) is 0 Å². The van der Waals surface area contributed by atoms with Gasteiger partial charge in [0.1, 0.15) is 17.2 Å². The lowest BCUT2D eigenvalue weighted by molar-refractivity contribution is 0.414. The van der Waals surface area contributed by atoms with Crippen molar-refractivity contribution in [1.29, 1.82) is 0 Å². The summed E-state index contributed by atoms with van der Waals surface area (Å²) in [5, 5.41) is 20.4. The number of aryl methyl sites for hydroxylation is 4. The molecule has 3 aromatic rings. The van der Waals surface area contributed by atoms with E-state index in [-0.39, 0.29) is 5.92 Å². The van der Waals surface area contributed by atoms with Crippen molar-refractivity contribution in [3.63, 3.8) is 0 Å². The van der Waals surface area contributed by atoms with Gasteiger partial charge in [0.15, 0.2) is 0 Å². The lowest BCUT2D eigenvalue weighted by atomic mass is 9.82. The lowest BCUT2D eigenvalue weighted by Gasteiger charge is -2.22. The molecule has 3 aromatic carbocycles. The molecule has 0 aliphatic rings. The number of rotatable bonds is 4. The van der Waals surface area contributed by atoms with Gasteiger partial charge in [-0.05, 0) is 78.8 Å². The fourth-order valence-electron chi connectivity index (χ4n) is 3.69. The van der Waals surface area contributed by atoms with E-state index < -0.39 is 0 Å². The molecule has 0 fully saturated rings. The van der Waals surface area contributed by atoms with Crippen LogP contribution in [0.5, 0.6) is 17.2 Å². The zero-order chi connectivity index (χ0) is 19.7. The molecular weight excluding hydrogens is 336 g/mol. The molecule has 0 unspecified atom stereocenters. The molecule has 0 aliphatic carbocycles. The minimum Gasteiger partial charge on any atom is -0.507 e. The highest BCUT2D eigenvalue weighted by Crippen LogP contribution is 2.38. The molecular formula is C24H26O3. The Morgan fingerprint density at radius 1 is 0.630 bits per heavy atom. The molecule has 0 bridgehead atoms. The Hall–Kier alpha value is -2.94. The van der Waals surface area contributed by atoms with Gasteiger partial charge in [0.25, 0.3) is 0 Å². The van der Waals surface area contributed by atoms with Gasteiger partial charge in [-0.1, -0.05) is 36.4 Å². The second-order valence-corrected chi connectivity index (χ2v) is 7.21. The Morgan fingerprint density at radius 3 is 1.33 bits per heavy atom. The van der Waals surface area contributed by atoms with Gasteiger partial charge in [0.2, 0.25) is 0 Å². The second-order valence-electron chi connectivity index (χ2n) is 7.21. The van der Waals surface area contributed by atoms with Gasteiger partial charge in [0, 0.05) is 5.92 Å². The van der Waals surface area contributed by atoms with Gasteiger partial charge in [0.05, 0.1) is 7.11 Å². The molecule has 0 amide bonds. The van der Waals surface area contributed by atoms with Crippen molar-refractivity contribution >= 4 is 0 Å². The summed E-state index contributed by atoms with van der Waals surface area (Å²) in [6, 6.07) is 16.2. The normalized spacial score (nSPS) is 11.0. The highest BCUT2D eigenvalue weighted by molar-refractivity contribution is 5.53. The maximum absolute atomic E-state index is 10.2. The van der Waals surface area contributed by atoms with Crippen molar-refractivity contribution in [2.75, 3.05) is 7.11 Å². The smallest absolute Gasteiger partial charge is 0.121 e. The van der Waals surface area contributed by atoms with E-state index >= 15 is 0 Å². The van der Waals surface area contributed by atoms with Crippen LogP contribution in [-0.4, -0.2) is 17.3 Å². The van der Waals surface area contributed by atoms with Gasteiger partial charge in [-0.15, -0.1) is 0 Å². The molecule has 0 aromatic heterocycles. The molecule has 0 radical (unpaired) electrons. The van der Waals surface area contributed by atoms with Crippen LogP contribution in [0.4, 0.5) is 0 Å². The average Bonchev–Trinajstić information content (AvgIpc) is 2.64. The zero-order valence-corrected chi connectivity index (χ0v) is 16.5. The van der Waals surface area contributed by atoms with E-state index in [2.05, 4.69) is 12.1 Å². The fraction of sp³-hybridized carbons (Fsp3) is 0.250. The van der Waals surface area contributed by atoms with E-state index in [4.69, 9.17) is 4.74 Å². The third kappa shape index (κ3) is 3.63. The van der Waals surface area contributed by atoms with Crippen LogP contribution in [0.3, 0.4) is 0 Å². The Morgan fingerprint density at radius 2 is 1.00 bits per heavy atom. The van der Waals surface area contributed by atoms with Gasteiger partial charge in [-0.2, -0.15) is 0 Å². The van der Waals surface area contributed by atoms with Crippen molar-refractivity contribution in [2.24, 2.45) is 0 Å². The van der Waals surface area contributed by atoms with Gasteiger partial charge in [-0.25, -0.2) is 0 Å². The zero-order valence-electron chi connectivity index (χ0n) is 16.5. The third-order valence-electron chi connectivity index (χ3n) is 5.14. The first-order chi connectivity index (χ1) is 12.8. The van der Waals surface area contributed by atoms with Crippen molar-refractivity contribution in [2.45, 2.75) is 33.6 Å². The molecule has 0 spiro atoms. The van der Waals surface area contributed by atoms with Crippen LogP contribution in [0.15, 0.2) is 48.5 Å². The number of hydrogen-bond donors (Lipinski definition) is 2. The average molecular weight is 362 g/mol. The number of methoxy groups -OCH3 is 1. The van der Waals surface area contributed by atoms with Crippen LogP contribution in [0.2, 0.25) is 0 Å². The third-order valence-corrected chi connectivity index (χ3v) is 5.14. The number of aromatic hydroxyl groups is 2. The predicted molar refractivity (Wildman–Crippen MR) is 109 cm³/mol. The van der Waals surface area contributed by atoms with Crippen LogP contribution >= 0.6 is 0 Å². The van der Waals surface area contributed by atoms with E-state index in [1.165, 1.54) is 0 Å². The fourth-order valence-corrected chi connectivity index (χ4v) is 3.69. The number of phenolic OH excluding ortho intramolecular Hbond substituents is 2. The SMILES string of the molecule is COc1ccc(C(c2cc(C)c(O)c(C)c2)c2cc(C)c(O)c(C)c2)cc1. The first-order valence-corrected chi connectivity index (χ1v) is 9.06. The van der Waals surface area contributed by atoms with E-state index in [0.29, 0.717) is 11.5 Å². The van der Waals surface area contributed by atoms with E-state index in [1.807, 2.05) is 64.1 Å². The first kappa shape index (κ1) is 18.8. The summed E-state index contributed by atoms with van der Waals surface area (Å²) in [5.74, 6) is 1.48. The number of hydrogen-bond acceptors (Lipinski definition) is 3. The van der Waals surface area contributed by atoms with E-state index in [9.17, 15) is 10.2 Å². The summed E-state index contributed by atoms with van der Waals surface area (Å²) in [7, 11) is 1.66. The maximum Gasteiger partial charge on any atom is 0.121 e. The molecule has 3 rings (SSSR count). The largest absolute Gasteiger partial charge is 0.507 e. The highest BCUT2D eigenvalue weighted by Gasteiger charge is 2.20. The van der Waals surface area contributed by atoms with Crippen LogP contribution in [0.25, 0.3) is 0 Å². The molecule has 3 heteroatoms. The lowest BCUT2D eigenvalue weighted by Crippen LogP contribution is -2.06. The molecule has 0 saturated heterocycles. The summed E-state index contributed by atoms with van der Waals surface area (Å²) in [4.78, 5) is 0. The maximum atomic E-state index is 10.2. The van der Waals surface area contributed by atoms with Crippen molar-refractivity contribution in [3.8, 4) is 17.2 Å². The molecule has 140 valence electrons. The Bertz CT molecular complexity index is 868. The van der Waals surface area contributed by atoms with Gasteiger partial charge in [-0.3, -0.25) is 0 Å². The minimum atomic E-state index is -0.00749. The van der Waals surface area contributed by atoms with E-state index in [1.54, 1.807) is 7.11 Å². The molecule has 0 saturated carbocycles. The molecule has 0 aliphatic heterocycles. The highest BCUT2D eigenvalue weighted by atomic mass is 16.5. The van der Waals surface area contributed by atoms with Crippen molar-refractivity contribution in [1.82, 2.24) is 0 Å². The summed E-state index contributed by atoms with van der Waals surface area (Å²) in [6.07, 6.45) is 0. The van der Waals surface area contributed by atoms with Crippen LogP contribution < -0.4 is 4.74 Å². The number of phenols is 2. The molecule has 3 nitrogen and oxygen atoms in total. The first-order valence-electron chi connectivity index (χ1n) is 9.06. The summed E-state index contributed by atoms with van der Waals surface area (Å²) in [5.41, 5.74) is 6.78. The van der Waals surface area contributed by atoms with Crippen LogP contribution in [0.1, 0.15) is 44.9 Å². The summed E-state index contributed by atoms with van der Waals surface area (Å²) >= 11 is 0. The standard InChI is InChI=1S/C24H26O3/c1-14-10-19(11-15(2)23(14)25)22(18-6-8-21(27-5)9-7-18)20-12-16(3)24(26)17(4)13-20/h6-13,22,25-26H,1-5H3. The van der Waals surface area contributed by atoms with E-state index in [0.717, 1.165) is 44.7 Å². The van der Waals surface area contributed by atoms with Crippen LogP contribution in [0, 0.1) is 27.7 Å². The number of ether oxygens (including phenoxy) is 1. The predicted octanol–water partition coefficient (Wildman–Crippen LogP) is 5.52. The quantitative estimate of drug-likeness (QED) is 0.601. The van der Waals surface area contributed by atoms with Crippen molar-refractivity contribution in [3.05, 3.63) is 87.5 Å². The van der Waals surface area contributed by atoms with Crippen molar-refractivity contribution < 1.29 is 14.9 Å². The topological polar surface area (TPSA) is 49.7 Å². The minimum absolute atomic E-state index is 0.00749. The van der Waals surface area contributed by atoms with Gasteiger partial charge < -0.3 is 14.9 Å². The Balaban J connectivity index is 2.23.